The lowest BCUT2D eigenvalue weighted by atomic mass is 10.2. The first-order valence-electron chi connectivity index (χ1n) is 10.1. The topological polar surface area (TPSA) is 84.1 Å². The molecule has 32 heavy (non-hydrogen) atoms. The van der Waals surface area contributed by atoms with E-state index in [0.29, 0.717) is 28.7 Å². The molecular formula is C24H21N5O3. The Hall–Kier alpha value is -4.20. The van der Waals surface area contributed by atoms with E-state index >= 15 is 0 Å². The van der Waals surface area contributed by atoms with Crippen molar-refractivity contribution in [2.45, 2.75) is 13.5 Å². The number of methoxy groups -OCH3 is 1. The number of benzene rings is 1. The summed E-state index contributed by atoms with van der Waals surface area (Å²) in [6, 6.07) is 16.8. The molecule has 0 spiro atoms. The molecule has 0 aliphatic rings. The van der Waals surface area contributed by atoms with Gasteiger partial charge in [-0.1, -0.05) is 12.1 Å². The molecule has 0 atom stereocenters. The lowest BCUT2D eigenvalue weighted by molar-refractivity contribution is 0.395. The average molecular weight is 427 g/mol. The van der Waals surface area contributed by atoms with Gasteiger partial charge in [0, 0.05) is 41.7 Å². The van der Waals surface area contributed by atoms with Crippen LogP contribution in [0.15, 0.2) is 65.6 Å². The molecule has 0 aliphatic heterocycles. The zero-order valence-corrected chi connectivity index (χ0v) is 17.9. The Bertz CT molecular complexity index is 1520. The first-order valence-corrected chi connectivity index (χ1v) is 10.1. The second-order valence-electron chi connectivity index (χ2n) is 7.50. The van der Waals surface area contributed by atoms with Crippen molar-refractivity contribution >= 4 is 21.8 Å². The number of fused-ring (bicyclic) bond motifs is 3. The molecule has 160 valence electrons. The highest BCUT2D eigenvalue weighted by Gasteiger charge is 2.15. The molecule has 4 aromatic heterocycles. The lowest BCUT2D eigenvalue weighted by Gasteiger charge is -2.06. The smallest absolute Gasteiger partial charge is 0.291 e. The van der Waals surface area contributed by atoms with E-state index in [1.54, 1.807) is 19.4 Å². The van der Waals surface area contributed by atoms with E-state index in [9.17, 15) is 4.79 Å². The predicted octanol–water partition coefficient (Wildman–Crippen LogP) is 3.84. The normalized spacial score (nSPS) is 11.2. The third-order valence-electron chi connectivity index (χ3n) is 5.36. The maximum absolute atomic E-state index is 13.3. The minimum Gasteiger partial charge on any atom is -0.481 e. The molecule has 0 saturated carbocycles. The molecule has 0 amide bonds. The van der Waals surface area contributed by atoms with Gasteiger partial charge in [0.1, 0.15) is 11.3 Å². The third kappa shape index (κ3) is 3.45. The molecule has 5 aromatic rings. The molecule has 8 heteroatoms. The molecule has 5 rings (SSSR count). The number of hydrogen-bond acceptors (Lipinski definition) is 6. The summed E-state index contributed by atoms with van der Waals surface area (Å²) in [5.41, 5.74) is 2.84. The van der Waals surface area contributed by atoms with Crippen molar-refractivity contribution < 1.29 is 9.47 Å². The van der Waals surface area contributed by atoms with Crippen LogP contribution < -0.4 is 15.0 Å². The number of nitrogens with zero attached hydrogens (tertiary/aromatic N) is 5. The van der Waals surface area contributed by atoms with E-state index in [0.717, 1.165) is 22.0 Å². The highest BCUT2D eigenvalue weighted by atomic mass is 16.5. The third-order valence-corrected chi connectivity index (χ3v) is 5.36. The molecule has 0 fully saturated rings. The van der Waals surface area contributed by atoms with Gasteiger partial charge in [0.25, 0.3) is 5.56 Å². The largest absolute Gasteiger partial charge is 0.481 e. The minimum absolute atomic E-state index is 0.186. The van der Waals surface area contributed by atoms with E-state index in [1.165, 1.54) is 4.68 Å². The quantitative estimate of drug-likeness (QED) is 0.424. The highest BCUT2D eigenvalue weighted by molar-refractivity contribution is 6.07. The van der Waals surface area contributed by atoms with Crippen LogP contribution in [-0.2, 0) is 13.6 Å². The molecule has 1 aromatic carbocycles. The van der Waals surface area contributed by atoms with E-state index in [2.05, 4.69) is 15.1 Å². The van der Waals surface area contributed by atoms with Crippen molar-refractivity contribution in [3.8, 4) is 17.5 Å². The van der Waals surface area contributed by atoms with Crippen molar-refractivity contribution in [2.75, 3.05) is 7.11 Å². The van der Waals surface area contributed by atoms with Crippen LogP contribution in [0.5, 0.6) is 17.5 Å². The van der Waals surface area contributed by atoms with E-state index in [1.807, 2.05) is 67.1 Å². The fraction of sp³-hybridized carbons (Fsp3) is 0.167. The molecule has 4 heterocycles. The maximum atomic E-state index is 13.3. The molecule has 8 nitrogen and oxygen atoms in total. The Morgan fingerprint density at radius 1 is 0.969 bits per heavy atom. The van der Waals surface area contributed by atoms with Crippen molar-refractivity contribution in [2.24, 2.45) is 7.05 Å². The van der Waals surface area contributed by atoms with Crippen LogP contribution in [0.25, 0.3) is 21.8 Å². The number of ether oxygens (including phenoxy) is 2. The summed E-state index contributed by atoms with van der Waals surface area (Å²) in [5.74, 6) is 1.67. The van der Waals surface area contributed by atoms with Crippen molar-refractivity contribution in [1.29, 1.82) is 0 Å². The van der Waals surface area contributed by atoms with Gasteiger partial charge < -0.3 is 14.0 Å². The SMILES string of the molecule is COc1cccc(Cn2ncc3c4ccc(Oc5cccc(C)n5)cc4n(C)c3c2=O)n1. The van der Waals surface area contributed by atoms with Gasteiger partial charge in [0.2, 0.25) is 11.8 Å². The summed E-state index contributed by atoms with van der Waals surface area (Å²) in [5, 5.41) is 6.12. The Morgan fingerprint density at radius 2 is 1.78 bits per heavy atom. The maximum Gasteiger partial charge on any atom is 0.291 e. The number of aromatic nitrogens is 5. The van der Waals surface area contributed by atoms with E-state index < -0.39 is 0 Å². The van der Waals surface area contributed by atoms with Crippen LogP contribution >= 0.6 is 0 Å². The number of pyridine rings is 2. The van der Waals surface area contributed by atoms with Crippen LogP contribution in [0.1, 0.15) is 11.4 Å². The molecule has 0 N–H and O–H groups in total. The number of hydrogen-bond donors (Lipinski definition) is 0. The van der Waals surface area contributed by atoms with Gasteiger partial charge >= 0.3 is 0 Å². The van der Waals surface area contributed by atoms with Crippen LogP contribution in [-0.4, -0.2) is 31.4 Å². The molecule has 0 unspecified atom stereocenters. The molecule has 0 bridgehead atoms. The second-order valence-corrected chi connectivity index (χ2v) is 7.50. The van der Waals surface area contributed by atoms with Gasteiger partial charge in [0.15, 0.2) is 0 Å². The Kier molecular flexibility index (Phi) is 4.82. The molecular weight excluding hydrogens is 406 g/mol. The first-order chi connectivity index (χ1) is 15.5. The molecule has 0 radical (unpaired) electrons. The van der Waals surface area contributed by atoms with Gasteiger partial charge in [0.05, 0.1) is 31.1 Å². The van der Waals surface area contributed by atoms with Gasteiger partial charge in [-0.25, -0.2) is 14.6 Å². The zero-order chi connectivity index (χ0) is 22.2. The fourth-order valence-corrected chi connectivity index (χ4v) is 3.82. The standard InChI is InChI=1S/C24H21N5O3/c1-15-6-4-9-22(26-15)32-17-10-11-18-19-13-25-29(14-16-7-5-8-21(27-16)31-3)24(30)23(19)28(2)20(18)12-17/h4-13H,14H2,1-3H3. The monoisotopic (exact) mass is 427 g/mol. The summed E-state index contributed by atoms with van der Waals surface area (Å²) >= 11 is 0. The summed E-state index contributed by atoms with van der Waals surface area (Å²) < 4.78 is 14.4. The summed E-state index contributed by atoms with van der Waals surface area (Å²) in [4.78, 5) is 22.0. The average Bonchev–Trinajstić information content (AvgIpc) is 3.08. The number of aryl methyl sites for hydroxylation is 2. The summed E-state index contributed by atoms with van der Waals surface area (Å²) in [6.07, 6.45) is 1.72. The van der Waals surface area contributed by atoms with Crippen molar-refractivity contribution in [3.05, 3.63) is 82.5 Å². The van der Waals surface area contributed by atoms with Crippen LogP contribution in [0.3, 0.4) is 0 Å². The predicted molar refractivity (Wildman–Crippen MR) is 121 cm³/mol. The highest BCUT2D eigenvalue weighted by Crippen LogP contribution is 2.30. The summed E-state index contributed by atoms with van der Waals surface area (Å²) in [6.45, 7) is 2.17. The molecule has 0 saturated heterocycles. The first kappa shape index (κ1) is 19.7. The van der Waals surface area contributed by atoms with Crippen LogP contribution in [0.4, 0.5) is 0 Å². The Morgan fingerprint density at radius 3 is 2.59 bits per heavy atom. The lowest BCUT2D eigenvalue weighted by Crippen LogP contribution is -2.24. The zero-order valence-electron chi connectivity index (χ0n) is 17.9. The summed E-state index contributed by atoms with van der Waals surface area (Å²) in [7, 11) is 3.43. The van der Waals surface area contributed by atoms with Crippen molar-refractivity contribution in [3.63, 3.8) is 0 Å². The second kappa shape index (κ2) is 7.81. The van der Waals surface area contributed by atoms with Crippen molar-refractivity contribution in [1.82, 2.24) is 24.3 Å². The van der Waals surface area contributed by atoms with E-state index in [4.69, 9.17) is 9.47 Å². The fourth-order valence-electron chi connectivity index (χ4n) is 3.82. The van der Waals surface area contributed by atoms with Crippen LogP contribution in [0, 0.1) is 6.92 Å². The Labute approximate surface area is 183 Å². The van der Waals surface area contributed by atoms with E-state index in [-0.39, 0.29) is 12.1 Å². The number of rotatable bonds is 5. The minimum atomic E-state index is -0.186. The Balaban J connectivity index is 1.56. The van der Waals surface area contributed by atoms with Gasteiger partial charge in [-0.2, -0.15) is 5.10 Å². The molecule has 0 aliphatic carbocycles. The van der Waals surface area contributed by atoms with Gasteiger partial charge in [-0.3, -0.25) is 4.79 Å². The van der Waals surface area contributed by atoms with Gasteiger partial charge in [-0.05, 0) is 31.2 Å². The van der Waals surface area contributed by atoms with Gasteiger partial charge in [-0.15, -0.1) is 0 Å². The van der Waals surface area contributed by atoms with Crippen LogP contribution in [0.2, 0.25) is 0 Å².